The van der Waals surface area contributed by atoms with Crippen molar-refractivity contribution in [1.29, 1.82) is 0 Å². The molecule has 2 unspecified atom stereocenters. The van der Waals surface area contributed by atoms with Crippen molar-refractivity contribution >= 4 is 11.6 Å². The van der Waals surface area contributed by atoms with Gasteiger partial charge in [-0.2, -0.15) is 0 Å². The molecular formula is C19H24ClN. The highest BCUT2D eigenvalue weighted by Crippen LogP contribution is 2.21. The van der Waals surface area contributed by atoms with Gasteiger partial charge >= 0.3 is 0 Å². The molecule has 0 radical (unpaired) electrons. The fourth-order valence-electron chi connectivity index (χ4n) is 2.62. The normalized spacial score (nSPS) is 13.9. The van der Waals surface area contributed by atoms with Crippen LogP contribution >= 0.6 is 11.6 Å². The van der Waals surface area contributed by atoms with E-state index >= 15 is 0 Å². The SMILES string of the molecule is CCC(NCCC(C)c1ccccc1)c1ccc(Cl)cc1. The second-order valence-electron chi connectivity index (χ2n) is 5.57. The summed E-state index contributed by atoms with van der Waals surface area (Å²) in [6, 6.07) is 19.3. The molecule has 2 aromatic rings. The second-order valence-corrected chi connectivity index (χ2v) is 6.00. The fraction of sp³-hybridized carbons (Fsp3) is 0.368. The fourth-order valence-corrected chi connectivity index (χ4v) is 2.74. The van der Waals surface area contributed by atoms with Gasteiger partial charge in [-0.3, -0.25) is 0 Å². The molecule has 112 valence electrons. The zero-order valence-corrected chi connectivity index (χ0v) is 13.6. The molecule has 0 saturated heterocycles. The summed E-state index contributed by atoms with van der Waals surface area (Å²) in [5.74, 6) is 0.585. The van der Waals surface area contributed by atoms with Crippen molar-refractivity contribution in [3.8, 4) is 0 Å². The van der Waals surface area contributed by atoms with Gasteiger partial charge in [0.15, 0.2) is 0 Å². The summed E-state index contributed by atoms with van der Waals surface area (Å²) in [5, 5.41) is 4.46. The van der Waals surface area contributed by atoms with Crippen LogP contribution in [0.4, 0.5) is 0 Å². The molecule has 2 heteroatoms. The highest BCUT2D eigenvalue weighted by molar-refractivity contribution is 6.30. The predicted molar refractivity (Wildman–Crippen MR) is 92.0 cm³/mol. The third kappa shape index (κ3) is 4.87. The molecule has 2 rings (SSSR count). The topological polar surface area (TPSA) is 12.0 Å². The zero-order chi connectivity index (χ0) is 15.1. The maximum Gasteiger partial charge on any atom is 0.0406 e. The molecule has 0 amide bonds. The molecule has 2 aromatic carbocycles. The second kappa shape index (κ2) is 8.21. The summed E-state index contributed by atoms with van der Waals surface area (Å²) < 4.78 is 0. The summed E-state index contributed by atoms with van der Waals surface area (Å²) in [5.41, 5.74) is 2.73. The van der Waals surface area contributed by atoms with Crippen molar-refractivity contribution in [3.63, 3.8) is 0 Å². The molecule has 0 spiro atoms. The minimum absolute atomic E-state index is 0.408. The van der Waals surface area contributed by atoms with Gasteiger partial charge in [0.2, 0.25) is 0 Å². The Morgan fingerprint density at radius 3 is 2.24 bits per heavy atom. The Morgan fingerprint density at radius 2 is 1.62 bits per heavy atom. The standard InChI is InChI=1S/C19H24ClN/c1-3-19(17-9-11-18(20)12-10-17)21-14-13-15(2)16-7-5-4-6-8-16/h4-12,15,19,21H,3,13-14H2,1-2H3. The lowest BCUT2D eigenvalue weighted by Gasteiger charge is -2.19. The van der Waals surface area contributed by atoms with Gasteiger partial charge in [0, 0.05) is 11.1 Å². The molecule has 0 fully saturated rings. The van der Waals surface area contributed by atoms with Crippen molar-refractivity contribution in [1.82, 2.24) is 5.32 Å². The van der Waals surface area contributed by atoms with Crippen LogP contribution in [0.15, 0.2) is 54.6 Å². The molecular weight excluding hydrogens is 278 g/mol. The quantitative estimate of drug-likeness (QED) is 0.704. The van der Waals surface area contributed by atoms with Crippen LogP contribution in [0.5, 0.6) is 0 Å². The maximum absolute atomic E-state index is 5.95. The molecule has 21 heavy (non-hydrogen) atoms. The van der Waals surface area contributed by atoms with E-state index in [9.17, 15) is 0 Å². The number of rotatable bonds is 7. The lowest BCUT2D eigenvalue weighted by molar-refractivity contribution is 0.493. The van der Waals surface area contributed by atoms with Crippen molar-refractivity contribution in [2.24, 2.45) is 0 Å². The van der Waals surface area contributed by atoms with Crippen LogP contribution in [-0.4, -0.2) is 6.54 Å². The van der Waals surface area contributed by atoms with Gasteiger partial charge in [0.25, 0.3) is 0 Å². The van der Waals surface area contributed by atoms with Crippen LogP contribution < -0.4 is 5.32 Å². The summed E-state index contributed by atoms with van der Waals surface area (Å²) in [7, 11) is 0. The highest BCUT2D eigenvalue weighted by atomic mass is 35.5. The van der Waals surface area contributed by atoms with Crippen LogP contribution in [0, 0.1) is 0 Å². The van der Waals surface area contributed by atoms with Gasteiger partial charge in [0.1, 0.15) is 0 Å². The zero-order valence-electron chi connectivity index (χ0n) is 12.9. The van der Waals surface area contributed by atoms with E-state index in [2.05, 4.69) is 61.6 Å². The van der Waals surface area contributed by atoms with Gasteiger partial charge < -0.3 is 5.32 Å². The van der Waals surface area contributed by atoms with E-state index in [1.807, 2.05) is 12.1 Å². The number of halogens is 1. The average molecular weight is 302 g/mol. The van der Waals surface area contributed by atoms with Gasteiger partial charge in [0.05, 0.1) is 0 Å². The predicted octanol–water partition coefficient (Wildman–Crippen LogP) is 5.57. The molecule has 0 saturated carbocycles. The first-order valence-electron chi connectivity index (χ1n) is 7.74. The first kappa shape index (κ1) is 16.1. The molecule has 0 aliphatic carbocycles. The third-order valence-corrected chi connectivity index (χ3v) is 4.27. The lowest BCUT2D eigenvalue weighted by Crippen LogP contribution is -2.22. The van der Waals surface area contributed by atoms with Gasteiger partial charge in [-0.05, 0) is 48.6 Å². The lowest BCUT2D eigenvalue weighted by atomic mass is 9.97. The largest absolute Gasteiger partial charge is 0.310 e. The molecule has 0 aromatic heterocycles. The third-order valence-electron chi connectivity index (χ3n) is 4.02. The highest BCUT2D eigenvalue weighted by Gasteiger charge is 2.10. The van der Waals surface area contributed by atoms with E-state index in [0.29, 0.717) is 12.0 Å². The van der Waals surface area contributed by atoms with Crippen molar-refractivity contribution in [2.45, 2.75) is 38.6 Å². The van der Waals surface area contributed by atoms with E-state index in [1.54, 1.807) is 0 Å². The van der Waals surface area contributed by atoms with Gasteiger partial charge in [-0.15, -0.1) is 0 Å². The minimum Gasteiger partial charge on any atom is -0.310 e. The van der Waals surface area contributed by atoms with E-state index in [1.165, 1.54) is 11.1 Å². The molecule has 0 aliphatic heterocycles. The van der Waals surface area contributed by atoms with E-state index in [4.69, 9.17) is 11.6 Å². The van der Waals surface area contributed by atoms with Crippen LogP contribution in [-0.2, 0) is 0 Å². The monoisotopic (exact) mass is 301 g/mol. The molecule has 2 atom stereocenters. The maximum atomic E-state index is 5.95. The minimum atomic E-state index is 0.408. The van der Waals surface area contributed by atoms with Crippen LogP contribution in [0.2, 0.25) is 5.02 Å². The van der Waals surface area contributed by atoms with Crippen molar-refractivity contribution in [2.75, 3.05) is 6.54 Å². The molecule has 0 heterocycles. The first-order chi connectivity index (χ1) is 10.2. The smallest absolute Gasteiger partial charge is 0.0406 e. The van der Waals surface area contributed by atoms with E-state index in [-0.39, 0.29) is 0 Å². The number of hydrogen-bond acceptors (Lipinski definition) is 1. The Hall–Kier alpha value is -1.31. The number of benzene rings is 2. The molecule has 1 N–H and O–H groups in total. The van der Waals surface area contributed by atoms with Crippen LogP contribution in [0.3, 0.4) is 0 Å². The summed E-state index contributed by atoms with van der Waals surface area (Å²) in [4.78, 5) is 0. The number of hydrogen-bond donors (Lipinski definition) is 1. The first-order valence-corrected chi connectivity index (χ1v) is 8.12. The van der Waals surface area contributed by atoms with Crippen LogP contribution in [0.25, 0.3) is 0 Å². The summed E-state index contributed by atoms with van der Waals surface area (Å²) >= 11 is 5.95. The average Bonchev–Trinajstić information content (AvgIpc) is 2.53. The van der Waals surface area contributed by atoms with Crippen LogP contribution in [0.1, 0.15) is 49.8 Å². The number of nitrogens with one attached hydrogen (secondary N) is 1. The summed E-state index contributed by atoms with van der Waals surface area (Å²) in [6.45, 7) is 5.53. The molecule has 0 aliphatic rings. The Bertz CT molecular complexity index is 521. The Kier molecular flexibility index (Phi) is 6.28. The molecule has 0 bridgehead atoms. The van der Waals surface area contributed by atoms with Crippen molar-refractivity contribution in [3.05, 3.63) is 70.7 Å². The van der Waals surface area contributed by atoms with E-state index in [0.717, 1.165) is 24.4 Å². The molecule has 1 nitrogen and oxygen atoms in total. The Balaban J connectivity index is 1.85. The Morgan fingerprint density at radius 1 is 0.952 bits per heavy atom. The van der Waals surface area contributed by atoms with Crippen molar-refractivity contribution < 1.29 is 0 Å². The van der Waals surface area contributed by atoms with Gasteiger partial charge in [-0.25, -0.2) is 0 Å². The summed E-state index contributed by atoms with van der Waals surface area (Å²) in [6.07, 6.45) is 2.23. The van der Waals surface area contributed by atoms with Gasteiger partial charge in [-0.1, -0.05) is 67.9 Å². The Labute approximate surface area is 133 Å². The van der Waals surface area contributed by atoms with E-state index < -0.39 is 0 Å².